The van der Waals surface area contributed by atoms with E-state index in [1.807, 2.05) is 6.92 Å². The van der Waals surface area contributed by atoms with Crippen LogP contribution in [0.25, 0.3) is 5.65 Å². The van der Waals surface area contributed by atoms with Crippen LogP contribution in [0.4, 0.5) is 0 Å². The van der Waals surface area contributed by atoms with Gasteiger partial charge in [-0.3, -0.25) is 0 Å². The summed E-state index contributed by atoms with van der Waals surface area (Å²) in [6, 6.07) is 0. The fourth-order valence-corrected chi connectivity index (χ4v) is 3.81. The Morgan fingerprint density at radius 3 is 2.41 bits per heavy atom. The molecule has 1 fully saturated rings. The molecule has 0 aromatic carbocycles. The SMILES string of the molecule is Cc1nnc2c3c(c(Cl)nn12)C1CCC3CC1. The minimum atomic E-state index is 0.594. The molecule has 88 valence electrons. The van der Waals surface area contributed by atoms with Crippen molar-refractivity contribution in [2.24, 2.45) is 0 Å². The third-order valence-corrected chi connectivity index (χ3v) is 4.56. The van der Waals surface area contributed by atoms with E-state index in [1.54, 1.807) is 4.52 Å². The lowest BCUT2D eigenvalue weighted by Crippen LogP contribution is -2.24. The van der Waals surface area contributed by atoms with E-state index in [0.29, 0.717) is 17.0 Å². The summed E-state index contributed by atoms with van der Waals surface area (Å²) < 4.78 is 1.79. The molecule has 4 nitrogen and oxygen atoms in total. The van der Waals surface area contributed by atoms with E-state index >= 15 is 0 Å². The lowest BCUT2D eigenvalue weighted by Gasteiger charge is -2.38. The van der Waals surface area contributed by atoms with Gasteiger partial charge in [-0.25, -0.2) is 0 Å². The molecule has 3 aliphatic rings. The molecule has 2 aromatic heterocycles. The van der Waals surface area contributed by atoms with Crippen molar-refractivity contribution in [1.82, 2.24) is 19.8 Å². The molecule has 0 radical (unpaired) electrons. The van der Waals surface area contributed by atoms with Gasteiger partial charge in [-0.05, 0) is 44.4 Å². The number of halogens is 1. The van der Waals surface area contributed by atoms with Crippen molar-refractivity contribution < 1.29 is 0 Å². The van der Waals surface area contributed by atoms with Crippen molar-refractivity contribution in [2.45, 2.75) is 44.4 Å². The van der Waals surface area contributed by atoms with Crippen LogP contribution in [-0.4, -0.2) is 19.8 Å². The zero-order chi connectivity index (χ0) is 11.6. The molecule has 3 aliphatic carbocycles. The molecule has 0 aliphatic heterocycles. The molecule has 5 heteroatoms. The Kier molecular flexibility index (Phi) is 1.85. The quantitative estimate of drug-likeness (QED) is 0.720. The van der Waals surface area contributed by atoms with Crippen molar-refractivity contribution in [2.75, 3.05) is 0 Å². The van der Waals surface area contributed by atoms with Crippen LogP contribution in [0.15, 0.2) is 0 Å². The summed E-state index contributed by atoms with van der Waals surface area (Å²) in [5.41, 5.74) is 3.51. The van der Waals surface area contributed by atoms with Crippen molar-refractivity contribution in [3.05, 3.63) is 22.1 Å². The Labute approximate surface area is 104 Å². The second-order valence-corrected chi connectivity index (χ2v) is 5.51. The van der Waals surface area contributed by atoms with E-state index in [9.17, 15) is 0 Å². The first-order valence-corrected chi connectivity index (χ1v) is 6.55. The maximum absolute atomic E-state index is 6.36. The number of hydrogen-bond acceptors (Lipinski definition) is 3. The van der Waals surface area contributed by atoms with Gasteiger partial charge in [0.1, 0.15) is 0 Å². The Hall–Kier alpha value is -1.16. The fourth-order valence-electron chi connectivity index (χ4n) is 3.48. The van der Waals surface area contributed by atoms with Crippen LogP contribution in [0.3, 0.4) is 0 Å². The number of fused-ring (bicyclic) bond motifs is 3. The Morgan fingerprint density at radius 2 is 1.71 bits per heavy atom. The number of hydrogen-bond donors (Lipinski definition) is 0. The monoisotopic (exact) mass is 248 g/mol. The Balaban J connectivity index is 2.14. The predicted molar refractivity (Wildman–Crippen MR) is 64.5 cm³/mol. The minimum Gasteiger partial charge on any atom is -0.196 e. The number of aromatic nitrogens is 4. The van der Waals surface area contributed by atoms with Gasteiger partial charge in [0.2, 0.25) is 0 Å². The highest BCUT2D eigenvalue weighted by Gasteiger charge is 2.37. The van der Waals surface area contributed by atoms with Gasteiger partial charge >= 0.3 is 0 Å². The van der Waals surface area contributed by atoms with Gasteiger partial charge < -0.3 is 0 Å². The zero-order valence-corrected chi connectivity index (χ0v) is 10.4. The first-order chi connectivity index (χ1) is 8.25. The molecule has 0 N–H and O–H groups in total. The molecule has 0 atom stereocenters. The first-order valence-electron chi connectivity index (χ1n) is 6.17. The van der Waals surface area contributed by atoms with E-state index in [-0.39, 0.29) is 0 Å². The van der Waals surface area contributed by atoms with Gasteiger partial charge in [-0.15, -0.1) is 10.2 Å². The number of rotatable bonds is 0. The van der Waals surface area contributed by atoms with Crippen molar-refractivity contribution in [1.29, 1.82) is 0 Å². The average molecular weight is 249 g/mol. The molecule has 0 unspecified atom stereocenters. The van der Waals surface area contributed by atoms with Crippen LogP contribution in [-0.2, 0) is 0 Å². The van der Waals surface area contributed by atoms with E-state index in [0.717, 1.165) is 11.5 Å². The molecule has 2 bridgehead atoms. The minimum absolute atomic E-state index is 0.594. The number of aryl methyl sites for hydroxylation is 1. The number of nitrogens with zero attached hydrogens (tertiary/aromatic N) is 4. The predicted octanol–water partition coefficient (Wildman–Crippen LogP) is 2.84. The standard InChI is InChI=1S/C12H13ClN4/c1-6-14-15-12-10-8-4-2-7(3-5-8)9(10)11(13)16-17(6)12/h7-8H,2-5H2,1H3. The summed E-state index contributed by atoms with van der Waals surface area (Å²) in [5, 5.41) is 13.5. The van der Waals surface area contributed by atoms with Gasteiger partial charge in [0.25, 0.3) is 0 Å². The highest BCUT2D eigenvalue weighted by Crippen LogP contribution is 2.51. The summed E-state index contributed by atoms with van der Waals surface area (Å²) in [5.74, 6) is 2.02. The first kappa shape index (κ1) is 9.83. The van der Waals surface area contributed by atoms with Gasteiger partial charge in [0, 0.05) is 11.1 Å². The Bertz CT molecular complexity index is 610. The van der Waals surface area contributed by atoms with Gasteiger partial charge in [-0.2, -0.15) is 9.61 Å². The Morgan fingerprint density at radius 1 is 1.06 bits per heavy atom. The van der Waals surface area contributed by atoms with Gasteiger partial charge in [0.15, 0.2) is 16.6 Å². The van der Waals surface area contributed by atoms with E-state index in [4.69, 9.17) is 11.6 Å². The van der Waals surface area contributed by atoms with Crippen molar-refractivity contribution in [3.63, 3.8) is 0 Å². The van der Waals surface area contributed by atoms with Crippen LogP contribution >= 0.6 is 11.6 Å². The van der Waals surface area contributed by atoms with Crippen molar-refractivity contribution >= 4 is 17.2 Å². The maximum atomic E-state index is 6.36. The second-order valence-electron chi connectivity index (χ2n) is 5.15. The largest absolute Gasteiger partial charge is 0.196 e. The van der Waals surface area contributed by atoms with Crippen LogP contribution in [0.5, 0.6) is 0 Å². The average Bonchev–Trinajstić information content (AvgIpc) is 2.73. The lowest BCUT2D eigenvalue weighted by molar-refractivity contribution is 0.358. The molecular weight excluding hydrogens is 236 g/mol. The summed E-state index contributed by atoms with van der Waals surface area (Å²) in [7, 11) is 0. The lowest BCUT2D eigenvalue weighted by atomic mass is 9.68. The summed E-state index contributed by atoms with van der Waals surface area (Å²) in [6.07, 6.45) is 5.03. The van der Waals surface area contributed by atoms with E-state index in [2.05, 4.69) is 15.3 Å². The highest BCUT2D eigenvalue weighted by atomic mass is 35.5. The summed E-state index contributed by atoms with van der Waals surface area (Å²) >= 11 is 6.36. The second kappa shape index (κ2) is 3.19. The van der Waals surface area contributed by atoms with Crippen LogP contribution in [0, 0.1) is 6.92 Å². The topological polar surface area (TPSA) is 43.1 Å². The summed E-state index contributed by atoms with van der Waals surface area (Å²) in [4.78, 5) is 0. The molecular formula is C12H13ClN4. The van der Waals surface area contributed by atoms with Crippen LogP contribution in [0.2, 0.25) is 5.15 Å². The normalized spacial score (nSPS) is 26.5. The molecule has 2 aromatic rings. The third-order valence-electron chi connectivity index (χ3n) is 4.28. The molecule has 1 saturated carbocycles. The molecule has 0 spiro atoms. The molecule has 2 heterocycles. The van der Waals surface area contributed by atoms with E-state index in [1.165, 1.54) is 36.8 Å². The molecule has 5 rings (SSSR count). The fraction of sp³-hybridized carbons (Fsp3) is 0.583. The maximum Gasteiger partial charge on any atom is 0.181 e. The molecule has 17 heavy (non-hydrogen) atoms. The van der Waals surface area contributed by atoms with Crippen LogP contribution in [0.1, 0.15) is 54.5 Å². The smallest absolute Gasteiger partial charge is 0.181 e. The van der Waals surface area contributed by atoms with Crippen molar-refractivity contribution in [3.8, 4) is 0 Å². The highest BCUT2D eigenvalue weighted by molar-refractivity contribution is 6.30. The molecule has 0 saturated heterocycles. The van der Waals surface area contributed by atoms with Gasteiger partial charge in [-0.1, -0.05) is 11.6 Å². The van der Waals surface area contributed by atoms with E-state index < -0.39 is 0 Å². The third kappa shape index (κ3) is 1.16. The summed E-state index contributed by atoms with van der Waals surface area (Å²) in [6.45, 7) is 1.91. The van der Waals surface area contributed by atoms with Crippen LogP contribution < -0.4 is 0 Å². The van der Waals surface area contributed by atoms with Gasteiger partial charge in [0.05, 0.1) is 0 Å². The molecule has 0 amide bonds. The zero-order valence-electron chi connectivity index (χ0n) is 9.65.